The first kappa shape index (κ1) is 19.5. The first-order valence-electron chi connectivity index (χ1n) is 11.8. The Labute approximate surface area is 189 Å². The first-order valence-corrected chi connectivity index (χ1v) is 11.8. The van der Waals surface area contributed by atoms with Gasteiger partial charge in [0.05, 0.1) is 0 Å². The number of hydrogen-bond donors (Lipinski definition) is 1. The molecule has 3 aliphatic carbocycles. The van der Waals surface area contributed by atoms with Crippen LogP contribution in [0.5, 0.6) is 0 Å². The minimum atomic E-state index is -0.171. The van der Waals surface area contributed by atoms with E-state index in [2.05, 4.69) is 104 Å². The van der Waals surface area contributed by atoms with Gasteiger partial charge in [-0.1, -0.05) is 104 Å². The third-order valence-electron chi connectivity index (χ3n) is 7.98. The molecule has 1 nitrogen and oxygen atoms in total. The molecule has 1 heteroatoms. The van der Waals surface area contributed by atoms with E-state index in [1.54, 1.807) is 0 Å². The van der Waals surface area contributed by atoms with Crippen LogP contribution in [0.2, 0.25) is 0 Å². The molecule has 3 aromatic rings. The van der Waals surface area contributed by atoms with Crippen LogP contribution in [0.3, 0.4) is 0 Å². The van der Waals surface area contributed by atoms with E-state index in [0.29, 0.717) is 0 Å². The molecule has 0 bridgehead atoms. The van der Waals surface area contributed by atoms with Crippen LogP contribution in [-0.4, -0.2) is 11.7 Å². The maximum Gasteiger partial charge on any atom is 0.0439 e. The van der Waals surface area contributed by atoms with Crippen molar-refractivity contribution in [3.05, 3.63) is 119 Å². The monoisotopic (exact) mass is 416 g/mol. The zero-order chi connectivity index (χ0) is 21.7. The van der Waals surface area contributed by atoms with Crippen molar-refractivity contribution in [2.24, 2.45) is 11.3 Å². The van der Waals surface area contributed by atoms with Crippen molar-refractivity contribution in [2.45, 2.75) is 25.7 Å². The van der Waals surface area contributed by atoms with Crippen molar-refractivity contribution >= 4 is 11.1 Å². The fourth-order valence-corrected chi connectivity index (χ4v) is 6.72. The van der Waals surface area contributed by atoms with Crippen molar-refractivity contribution in [3.63, 3.8) is 0 Å². The van der Waals surface area contributed by atoms with Crippen LogP contribution < -0.4 is 10.4 Å². The smallest absolute Gasteiger partial charge is 0.0439 e. The summed E-state index contributed by atoms with van der Waals surface area (Å²) >= 11 is 0. The van der Waals surface area contributed by atoms with Gasteiger partial charge in [0.15, 0.2) is 0 Å². The van der Waals surface area contributed by atoms with E-state index in [4.69, 9.17) is 0 Å². The lowest BCUT2D eigenvalue weighted by atomic mass is 9.59. The van der Waals surface area contributed by atoms with Crippen LogP contribution in [0.15, 0.2) is 97.1 Å². The molecule has 0 aromatic heterocycles. The number of benzene rings is 3. The van der Waals surface area contributed by atoms with E-state index >= 15 is 0 Å². The highest BCUT2D eigenvalue weighted by atomic mass is 16.3. The molecule has 0 fully saturated rings. The van der Waals surface area contributed by atoms with E-state index in [1.165, 1.54) is 43.8 Å². The SMILES string of the molecule is CCC(CCO)(C1=c2ccccc2=C2C=CC=CC21)C1c2ccccc2-c2ccccc21. The van der Waals surface area contributed by atoms with Gasteiger partial charge >= 0.3 is 0 Å². The molecule has 0 spiro atoms. The summed E-state index contributed by atoms with van der Waals surface area (Å²) in [6.07, 6.45) is 10.7. The fraction of sp³-hybridized carbons (Fsp3) is 0.226. The molecule has 0 saturated heterocycles. The van der Waals surface area contributed by atoms with Crippen LogP contribution in [0.1, 0.15) is 36.8 Å². The van der Waals surface area contributed by atoms with Gasteiger partial charge in [0.25, 0.3) is 0 Å². The summed E-state index contributed by atoms with van der Waals surface area (Å²) in [5, 5.41) is 13.2. The summed E-state index contributed by atoms with van der Waals surface area (Å²) in [6, 6.07) is 26.7. The van der Waals surface area contributed by atoms with E-state index in [-0.39, 0.29) is 23.9 Å². The lowest BCUT2D eigenvalue weighted by molar-refractivity contribution is 0.202. The predicted octanol–water partition coefficient (Wildman–Crippen LogP) is 5.34. The molecule has 3 aromatic carbocycles. The topological polar surface area (TPSA) is 20.2 Å². The number of fused-ring (bicyclic) bond motifs is 5. The second-order valence-corrected chi connectivity index (χ2v) is 9.23. The van der Waals surface area contributed by atoms with Crippen molar-refractivity contribution in [3.8, 4) is 11.1 Å². The Hall–Kier alpha value is -3.16. The lowest BCUT2D eigenvalue weighted by Crippen LogP contribution is -2.37. The van der Waals surface area contributed by atoms with E-state index < -0.39 is 0 Å². The van der Waals surface area contributed by atoms with Crippen LogP contribution in [0.4, 0.5) is 0 Å². The van der Waals surface area contributed by atoms with Crippen LogP contribution in [0, 0.1) is 11.3 Å². The van der Waals surface area contributed by atoms with Crippen molar-refractivity contribution < 1.29 is 5.11 Å². The predicted molar refractivity (Wildman–Crippen MR) is 132 cm³/mol. The zero-order valence-corrected chi connectivity index (χ0v) is 18.5. The van der Waals surface area contributed by atoms with Crippen LogP contribution in [0.25, 0.3) is 22.3 Å². The van der Waals surface area contributed by atoms with E-state index in [9.17, 15) is 5.11 Å². The zero-order valence-electron chi connectivity index (χ0n) is 18.5. The normalized spacial score (nSPS) is 20.0. The molecule has 0 radical (unpaired) electrons. The van der Waals surface area contributed by atoms with Gasteiger partial charge in [0, 0.05) is 23.9 Å². The van der Waals surface area contributed by atoms with Crippen LogP contribution >= 0.6 is 0 Å². The average Bonchev–Trinajstić information content (AvgIpc) is 3.37. The number of hydrogen-bond acceptors (Lipinski definition) is 1. The number of allylic oxidation sites excluding steroid dienone is 4. The molecule has 0 amide bonds. The molecular weight excluding hydrogens is 388 g/mol. The van der Waals surface area contributed by atoms with Gasteiger partial charge in [-0.2, -0.15) is 0 Å². The Bertz CT molecular complexity index is 1340. The van der Waals surface area contributed by atoms with E-state index in [1.807, 2.05) is 0 Å². The molecule has 0 aliphatic heterocycles. The minimum Gasteiger partial charge on any atom is -0.396 e. The minimum absolute atomic E-state index is 0.171. The Morgan fingerprint density at radius 2 is 1.41 bits per heavy atom. The standard InChI is InChI=1S/C31H28O/c1-2-31(19-20-32,29-25-15-7-3-11-21(25)22-12-4-8-16-26(22)29)30-27-17-9-5-13-23(27)24-14-6-10-18-28(24)30/h3-18,25,30,32H,2,19-20H2,1H3. The highest BCUT2D eigenvalue weighted by Gasteiger charge is 2.49. The van der Waals surface area contributed by atoms with E-state index in [0.717, 1.165) is 12.8 Å². The summed E-state index contributed by atoms with van der Waals surface area (Å²) < 4.78 is 0. The molecular formula is C31H28O. The van der Waals surface area contributed by atoms with Gasteiger partial charge in [-0.15, -0.1) is 0 Å². The quantitative estimate of drug-likeness (QED) is 0.596. The van der Waals surface area contributed by atoms with Crippen LogP contribution in [-0.2, 0) is 0 Å². The second-order valence-electron chi connectivity index (χ2n) is 9.23. The summed E-state index contributed by atoms with van der Waals surface area (Å²) in [5.41, 5.74) is 8.20. The molecule has 158 valence electrons. The van der Waals surface area contributed by atoms with Gasteiger partial charge < -0.3 is 5.11 Å². The average molecular weight is 417 g/mol. The highest BCUT2D eigenvalue weighted by molar-refractivity contribution is 5.86. The number of rotatable bonds is 5. The molecule has 2 atom stereocenters. The molecule has 1 N–H and O–H groups in total. The maximum absolute atomic E-state index is 10.4. The summed E-state index contributed by atoms with van der Waals surface area (Å²) in [7, 11) is 0. The van der Waals surface area contributed by atoms with Gasteiger partial charge in [0.2, 0.25) is 0 Å². The first-order chi connectivity index (χ1) is 15.8. The molecule has 0 saturated carbocycles. The highest BCUT2D eigenvalue weighted by Crippen LogP contribution is 2.60. The summed E-state index contributed by atoms with van der Waals surface area (Å²) in [4.78, 5) is 0. The summed E-state index contributed by atoms with van der Waals surface area (Å²) in [6.45, 7) is 2.50. The van der Waals surface area contributed by atoms with Crippen molar-refractivity contribution in [2.75, 3.05) is 6.61 Å². The Morgan fingerprint density at radius 3 is 2.06 bits per heavy atom. The summed E-state index contributed by atoms with van der Waals surface area (Å²) in [5.74, 6) is 0.498. The molecule has 3 aliphatic rings. The van der Waals surface area contributed by atoms with Crippen molar-refractivity contribution in [1.82, 2.24) is 0 Å². The molecule has 0 heterocycles. The maximum atomic E-state index is 10.4. The van der Waals surface area contributed by atoms with Gasteiger partial charge in [-0.3, -0.25) is 0 Å². The number of aliphatic hydroxyl groups excluding tert-OH is 1. The Kier molecular flexibility index (Phi) is 4.55. The van der Waals surface area contributed by atoms with Gasteiger partial charge in [-0.05, 0) is 56.7 Å². The molecule has 32 heavy (non-hydrogen) atoms. The fourth-order valence-electron chi connectivity index (χ4n) is 6.72. The number of aliphatic hydroxyl groups is 1. The van der Waals surface area contributed by atoms with Gasteiger partial charge in [-0.25, -0.2) is 0 Å². The lowest BCUT2D eigenvalue weighted by Gasteiger charge is -2.43. The Balaban J connectivity index is 1.71. The third kappa shape index (κ3) is 2.55. The molecule has 6 rings (SSSR count). The second kappa shape index (κ2) is 7.46. The molecule has 2 unspecified atom stereocenters. The largest absolute Gasteiger partial charge is 0.396 e. The van der Waals surface area contributed by atoms with Gasteiger partial charge in [0.1, 0.15) is 0 Å². The third-order valence-corrected chi connectivity index (χ3v) is 7.98. The Morgan fingerprint density at radius 1 is 0.781 bits per heavy atom. The van der Waals surface area contributed by atoms with Crippen molar-refractivity contribution in [1.29, 1.82) is 0 Å².